The lowest BCUT2D eigenvalue weighted by Gasteiger charge is -2.43. The van der Waals surface area contributed by atoms with Gasteiger partial charge in [0, 0.05) is 18.3 Å². The molecule has 24 heavy (non-hydrogen) atoms. The number of hydrogen-bond donors (Lipinski definition) is 1. The van der Waals surface area contributed by atoms with E-state index in [1.54, 1.807) is 0 Å². The number of benzene rings is 1. The van der Waals surface area contributed by atoms with Crippen molar-refractivity contribution in [2.24, 2.45) is 5.92 Å². The van der Waals surface area contributed by atoms with E-state index in [1.807, 2.05) is 24.3 Å². The summed E-state index contributed by atoms with van der Waals surface area (Å²) in [5, 5.41) is 2.82. The van der Waals surface area contributed by atoms with Crippen molar-refractivity contribution in [3.63, 3.8) is 0 Å². The summed E-state index contributed by atoms with van der Waals surface area (Å²) in [7, 11) is 0. The lowest BCUT2D eigenvalue weighted by Crippen LogP contribution is -2.52. The third kappa shape index (κ3) is 5.02. The zero-order valence-corrected chi connectivity index (χ0v) is 15.0. The Morgan fingerprint density at radius 1 is 1.33 bits per heavy atom. The highest BCUT2D eigenvalue weighted by Gasteiger charge is 2.36. The van der Waals surface area contributed by atoms with Crippen LogP contribution in [0.1, 0.15) is 32.6 Å². The van der Waals surface area contributed by atoms with Crippen LogP contribution in [0.5, 0.6) is 5.75 Å². The normalized spacial score (nSPS) is 24.8. The molecule has 1 amide bonds. The van der Waals surface area contributed by atoms with E-state index in [1.165, 1.54) is 0 Å². The van der Waals surface area contributed by atoms with Crippen molar-refractivity contribution in [1.29, 1.82) is 0 Å². The number of anilines is 1. The molecular weight excluding hydrogens is 328 g/mol. The van der Waals surface area contributed by atoms with E-state index in [0.29, 0.717) is 18.2 Å². The zero-order chi connectivity index (χ0) is 16.1. The molecule has 3 aliphatic heterocycles. The molecule has 1 aromatic carbocycles. The molecule has 134 valence electrons. The van der Waals surface area contributed by atoms with Gasteiger partial charge in [0.1, 0.15) is 11.9 Å². The Morgan fingerprint density at radius 2 is 2.12 bits per heavy atom. The van der Waals surface area contributed by atoms with Crippen molar-refractivity contribution >= 4 is 24.2 Å². The molecule has 0 aliphatic carbocycles. The number of carbonyl (C=O) groups is 1. The second-order valence-electron chi connectivity index (χ2n) is 6.44. The van der Waals surface area contributed by atoms with Crippen molar-refractivity contribution in [1.82, 2.24) is 4.90 Å². The summed E-state index contributed by atoms with van der Waals surface area (Å²) in [5.74, 6) is 1.30. The number of fused-ring (bicyclic) bond motifs is 3. The molecule has 5 nitrogen and oxygen atoms in total. The third-order valence-corrected chi connectivity index (χ3v) is 4.70. The van der Waals surface area contributed by atoms with Gasteiger partial charge < -0.3 is 9.47 Å². The fourth-order valence-electron chi connectivity index (χ4n) is 3.33. The monoisotopic (exact) mass is 354 g/mol. The Kier molecular flexibility index (Phi) is 7.18. The number of piperidine rings is 3. The predicted octanol–water partition coefficient (Wildman–Crippen LogP) is 3.93. The first-order valence-electron chi connectivity index (χ1n) is 8.67. The van der Waals surface area contributed by atoms with Gasteiger partial charge in [0.25, 0.3) is 0 Å². The van der Waals surface area contributed by atoms with Crippen LogP contribution in [0.3, 0.4) is 0 Å². The summed E-state index contributed by atoms with van der Waals surface area (Å²) >= 11 is 0. The molecule has 0 saturated carbocycles. The van der Waals surface area contributed by atoms with Gasteiger partial charge in [-0.05, 0) is 50.4 Å². The molecule has 0 radical (unpaired) electrons. The van der Waals surface area contributed by atoms with Crippen molar-refractivity contribution in [3.05, 3.63) is 24.3 Å². The first-order chi connectivity index (χ1) is 11.2. The smallest absolute Gasteiger partial charge is 0.411 e. The Bertz CT molecular complexity index is 533. The van der Waals surface area contributed by atoms with E-state index in [4.69, 9.17) is 9.47 Å². The van der Waals surface area contributed by atoms with E-state index in [9.17, 15) is 4.79 Å². The second kappa shape index (κ2) is 9.14. The Balaban J connectivity index is 0.00000208. The Hall–Kier alpha value is -1.46. The number of ether oxygens (including phenoxy) is 2. The molecule has 2 bridgehead atoms. The van der Waals surface area contributed by atoms with Gasteiger partial charge in [-0.3, -0.25) is 10.2 Å². The van der Waals surface area contributed by atoms with Crippen LogP contribution in [-0.2, 0) is 4.74 Å². The molecule has 0 spiro atoms. The SMILES string of the molecule is CCCCOc1cccc(NC(=O)OC2CN3CCC2CC3)c1.Cl. The largest absolute Gasteiger partial charge is 0.494 e. The molecule has 3 fully saturated rings. The summed E-state index contributed by atoms with van der Waals surface area (Å²) < 4.78 is 11.3. The highest BCUT2D eigenvalue weighted by atomic mass is 35.5. The average Bonchev–Trinajstić information content (AvgIpc) is 2.56. The number of carbonyl (C=O) groups excluding carboxylic acids is 1. The molecule has 1 N–H and O–H groups in total. The molecule has 1 unspecified atom stereocenters. The molecule has 1 atom stereocenters. The van der Waals surface area contributed by atoms with E-state index in [-0.39, 0.29) is 24.6 Å². The third-order valence-electron chi connectivity index (χ3n) is 4.70. The predicted molar refractivity (Wildman–Crippen MR) is 97.1 cm³/mol. The number of rotatable bonds is 6. The number of nitrogens with zero attached hydrogens (tertiary/aromatic N) is 1. The molecule has 3 aliphatic rings. The first-order valence-corrected chi connectivity index (χ1v) is 8.67. The highest BCUT2D eigenvalue weighted by molar-refractivity contribution is 5.85. The Morgan fingerprint density at radius 3 is 2.79 bits per heavy atom. The molecule has 4 rings (SSSR count). The molecular formula is C18H27ClN2O3. The van der Waals surface area contributed by atoms with Gasteiger partial charge in [-0.1, -0.05) is 19.4 Å². The van der Waals surface area contributed by atoms with E-state index < -0.39 is 0 Å². The van der Waals surface area contributed by atoms with Crippen molar-refractivity contribution in [3.8, 4) is 5.75 Å². The number of hydrogen-bond acceptors (Lipinski definition) is 4. The van der Waals surface area contributed by atoms with E-state index in [0.717, 1.165) is 51.1 Å². The summed E-state index contributed by atoms with van der Waals surface area (Å²) in [6.45, 7) is 5.99. The number of nitrogens with one attached hydrogen (secondary N) is 1. The highest BCUT2D eigenvalue weighted by Crippen LogP contribution is 2.29. The number of unbranched alkanes of at least 4 members (excludes halogenated alkanes) is 1. The van der Waals surface area contributed by atoms with Gasteiger partial charge in [0.15, 0.2) is 0 Å². The lowest BCUT2D eigenvalue weighted by molar-refractivity contribution is -0.0289. The summed E-state index contributed by atoms with van der Waals surface area (Å²) in [4.78, 5) is 14.5. The van der Waals surface area contributed by atoms with Crippen molar-refractivity contribution in [2.75, 3.05) is 31.6 Å². The summed E-state index contributed by atoms with van der Waals surface area (Å²) in [6.07, 6.45) is 4.07. The lowest BCUT2D eigenvalue weighted by atomic mass is 9.86. The quantitative estimate of drug-likeness (QED) is 0.786. The average molecular weight is 355 g/mol. The minimum absolute atomic E-state index is 0. The van der Waals surface area contributed by atoms with Crippen LogP contribution in [0.15, 0.2) is 24.3 Å². The van der Waals surface area contributed by atoms with E-state index in [2.05, 4.69) is 17.1 Å². The molecule has 0 aromatic heterocycles. The van der Waals surface area contributed by atoms with Crippen LogP contribution in [0.4, 0.5) is 10.5 Å². The van der Waals surface area contributed by atoms with Crippen LogP contribution in [-0.4, -0.2) is 43.3 Å². The van der Waals surface area contributed by atoms with Gasteiger partial charge in [0.2, 0.25) is 0 Å². The van der Waals surface area contributed by atoms with Gasteiger partial charge >= 0.3 is 6.09 Å². The van der Waals surface area contributed by atoms with E-state index >= 15 is 0 Å². The maximum atomic E-state index is 12.1. The van der Waals surface area contributed by atoms with Gasteiger partial charge in [-0.15, -0.1) is 12.4 Å². The van der Waals surface area contributed by atoms with Crippen LogP contribution < -0.4 is 10.1 Å². The topological polar surface area (TPSA) is 50.8 Å². The standard InChI is InChI=1S/C18H26N2O3.ClH/c1-2-3-11-22-16-6-4-5-15(12-16)19-18(21)23-17-13-20-9-7-14(17)8-10-20;/h4-6,12,14,17H,2-3,7-11,13H2,1H3,(H,19,21);1H. The maximum absolute atomic E-state index is 12.1. The molecule has 1 aromatic rings. The fraction of sp³-hybridized carbons (Fsp3) is 0.611. The summed E-state index contributed by atoms with van der Waals surface area (Å²) in [6, 6.07) is 7.47. The zero-order valence-electron chi connectivity index (χ0n) is 14.2. The van der Waals surface area contributed by atoms with Crippen LogP contribution in [0.25, 0.3) is 0 Å². The molecule has 3 saturated heterocycles. The fourth-order valence-corrected chi connectivity index (χ4v) is 3.33. The minimum Gasteiger partial charge on any atom is -0.494 e. The van der Waals surface area contributed by atoms with Crippen LogP contribution >= 0.6 is 12.4 Å². The number of amides is 1. The van der Waals surface area contributed by atoms with Gasteiger partial charge in [-0.2, -0.15) is 0 Å². The van der Waals surface area contributed by atoms with Crippen molar-refractivity contribution < 1.29 is 14.3 Å². The summed E-state index contributed by atoms with van der Waals surface area (Å²) in [5.41, 5.74) is 0.713. The second-order valence-corrected chi connectivity index (χ2v) is 6.44. The first kappa shape index (κ1) is 18.9. The van der Waals surface area contributed by atoms with Gasteiger partial charge in [0.05, 0.1) is 6.61 Å². The number of halogens is 1. The van der Waals surface area contributed by atoms with Crippen LogP contribution in [0.2, 0.25) is 0 Å². The van der Waals surface area contributed by atoms with Crippen LogP contribution in [0, 0.1) is 5.92 Å². The molecule has 3 heterocycles. The maximum Gasteiger partial charge on any atom is 0.411 e. The molecule has 6 heteroatoms. The minimum atomic E-state index is -0.366. The van der Waals surface area contributed by atoms with Crippen molar-refractivity contribution in [2.45, 2.75) is 38.7 Å². The van der Waals surface area contributed by atoms with Gasteiger partial charge in [-0.25, -0.2) is 4.79 Å². The Labute approximate surface area is 150 Å².